The highest BCUT2D eigenvalue weighted by atomic mass is 16.5. The first-order chi connectivity index (χ1) is 12.5. The van der Waals surface area contributed by atoms with Crippen molar-refractivity contribution >= 4 is 5.91 Å². The van der Waals surface area contributed by atoms with Crippen LogP contribution >= 0.6 is 0 Å². The lowest BCUT2D eigenvalue weighted by Crippen LogP contribution is -2.31. The number of hydrogen-bond donors (Lipinski definition) is 1. The summed E-state index contributed by atoms with van der Waals surface area (Å²) >= 11 is 0. The number of nitrogens with zero attached hydrogens (tertiary/aromatic N) is 2. The van der Waals surface area contributed by atoms with Crippen LogP contribution in [0.3, 0.4) is 0 Å². The maximum atomic E-state index is 12.2. The molecular formula is C19H25N3O4. The minimum atomic E-state index is 0.0840. The lowest BCUT2D eigenvalue weighted by Gasteiger charge is -2.20. The normalized spacial score (nSPS) is 17.1. The number of rotatable bonds is 6. The molecule has 0 spiro atoms. The van der Waals surface area contributed by atoms with E-state index in [2.05, 4.69) is 9.97 Å². The molecule has 2 aromatic rings. The van der Waals surface area contributed by atoms with E-state index < -0.39 is 0 Å². The molecule has 1 fully saturated rings. The number of imidazole rings is 1. The second kappa shape index (κ2) is 7.27. The quantitative estimate of drug-likeness (QED) is 0.858. The highest BCUT2D eigenvalue weighted by Gasteiger charge is 2.33. The predicted molar refractivity (Wildman–Crippen MR) is 97.9 cm³/mol. The Balaban J connectivity index is 1.90. The van der Waals surface area contributed by atoms with Gasteiger partial charge in [0.1, 0.15) is 5.82 Å². The maximum absolute atomic E-state index is 12.2. The summed E-state index contributed by atoms with van der Waals surface area (Å²) in [6.45, 7) is 4.76. The Kier molecular flexibility index (Phi) is 5.06. The monoisotopic (exact) mass is 359 g/mol. The molecule has 0 radical (unpaired) electrons. The summed E-state index contributed by atoms with van der Waals surface area (Å²) < 4.78 is 16.2. The van der Waals surface area contributed by atoms with Gasteiger partial charge in [-0.2, -0.15) is 0 Å². The van der Waals surface area contributed by atoms with Crippen LogP contribution in [-0.4, -0.2) is 54.7 Å². The first-order valence-electron chi connectivity index (χ1n) is 8.63. The highest BCUT2D eigenvalue weighted by Crippen LogP contribution is 2.41. The zero-order valence-corrected chi connectivity index (χ0v) is 15.8. The van der Waals surface area contributed by atoms with Crippen molar-refractivity contribution < 1.29 is 19.0 Å². The molecule has 26 heavy (non-hydrogen) atoms. The summed E-state index contributed by atoms with van der Waals surface area (Å²) in [7, 11) is 4.75. The van der Waals surface area contributed by atoms with E-state index in [4.69, 9.17) is 14.2 Å². The van der Waals surface area contributed by atoms with Crippen molar-refractivity contribution in [3.8, 4) is 28.5 Å². The van der Waals surface area contributed by atoms with Crippen LogP contribution < -0.4 is 14.2 Å². The minimum absolute atomic E-state index is 0.0840. The number of aromatic amines is 1. The van der Waals surface area contributed by atoms with Gasteiger partial charge in [0.25, 0.3) is 0 Å². The standard InChI is InChI=1S/C19H25N3O4/c1-11(2)22-10-13(8-17(22)23)19-20-9-14(21-19)12-6-15(24-3)18(26-5)16(7-12)25-4/h6-7,9,11,13H,8,10H2,1-5H3,(H,20,21). The fourth-order valence-electron chi connectivity index (χ4n) is 3.34. The van der Waals surface area contributed by atoms with Gasteiger partial charge in [0.05, 0.1) is 33.2 Å². The topological polar surface area (TPSA) is 76.7 Å². The lowest BCUT2D eigenvalue weighted by molar-refractivity contribution is -0.129. The third-order valence-electron chi connectivity index (χ3n) is 4.74. The number of ether oxygens (including phenoxy) is 3. The van der Waals surface area contributed by atoms with E-state index in [9.17, 15) is 4.79 Å². The molecule has 1 unspecified atom stereocenters. The van der Waals surface area contributed by atoms with E-state index in [-0.39, 0.29) is 17.9 Å². The second-order valence-electron chi connectivity index (χ2n) is 6.64. The number of amides is 1. The molecule has 7 heteroatoms. The molecule has 7 nitrogen and oxygen atoms in total. The molecule has 3 rings (SSSR count). The van der Waals surface area contributed by atoms with Crippen molar-refractivity contribution in [3.63, 3.8) is 0 Å². The second-order valence-corrected chi connectivity index (χ2v) is 6.64. The number of nitrogens with one attached hydrogen (secondary N) is 1. The number of benzene rings is 1. The Morgan fingerprint density at radius 1 is 1.15 bits per heavy atom. The van der Waals surface area contributed by atoms with Gasteiger partial charge >= 0.3 is 0 Å². The van der Waals surface area contributed by atoms with Crippen molar-refractivity contribution in [3.05, 3.63) is 24.2 Å². The van der Waals surface area contributed by atoms with Gasteiger partial charge in [0.2, 0.25) is 11.7 Å². The molecular weight excluding hydrogens is 334 g/mol. The van der Waals surface area contributed by atoms with Gasteiger partial charge < -0.3 is 24.1 Å². The van der Waals surface area contributed by atoms with Gasteiger partial charge in [0, 0.05) is 30.5 Å². The zero-order chi connectivity index (χ0) is 18.8. The van der Waals surface area contributed by atoms with Gasteiger partial charge in [-0.15, -0.1) is 0 Å². The number of carbonyl (C=O) groups is 1. The average molecular weight is 359 g/mol. The molecule has 1 atom stereocenters. The molecule has 1 aliphatic heterocycles. The number of hydrogen-bond acceptors (Lipinski definition) is 5. The van der Waals surface area contributed by atoms with E-state index in [1.54, 1.807) is 27.5 Å². The molecule has 2 heterocycles. The highest BCUT2D eigenvalue weighted by molar-refractivity contribution is 5.80. The van der Waals surface area contributed by atoms with Gasteiger partial charge in [0.15, 0.2) is 11.5 Å². The fourth-order valence-corrected chi connectivity index (χ4v) is 3.34. The molecule has 1 aromatic carbocycles. The van der Waals surface area contributed by atoms with Crippen LogP contribution in [0.25, 0.3) is 11.3 Å². The van der Waals surface area contributed by atoms with Gasteiger partial charge in [-0.05, 0) is 26.0 Å². The minimum Gasteiger partial charge on any atom is -0.493 e. The average Bonchev–Trinajstić information content (AvgIpc) is 3.27. The molecule has 0 saturated carbocycles. The summed E-state index contributed by atoms with van der Waals surface area (Å²) in [5.74, 6) is 2.80. The number of aromatic nitrogens is 2. The van der Waals surface area contributed by atoms with Crippen molar-refractivity contribution in [1.29, 1.82) is 0 Å². The molecule has 0 aliphatic carbocycles. The van der Waals surface area contributed by atoms with Crippen LogP contribution in [0.5, 0.6) is 17.2 Å². The van der Waals surface area contributed by atoms with Crippen LogP contribution in [0.15, 0.2) is 18.3 Å². The van der Waals surface area contributed by atoms with Crippen molar-refractivity contribution in [1.82, 2.24) is 14.9 Å². The lowest BCUT2D eigenvalue weighted by atomic mass is 10.1. The number of methoxy groups -OCH3 is 3. The molecule has 1 aromatic heterocycles. The van der Waals surface area contributed by atoms with E-state index >= 15 is 0 Å². The zero-order valence-electron chi connectivity index (χ0n) is 15.8. The molecule has 0 bridgehead atoms. The number of likely N-dealkylation sites (tertiary alicyclic amines) is 1. The molecule has 1 N–H and O–H groups in total. The van der Waals surface area contributed by atoms with E-state index in [0.717, 1.165) is 17.1 Å². The molecule has 1 amide bonds. The van der Waals surface area contributed by atoms with Crippen LogP contribution in [0, 0.1) is 0 Å². The van der Waals surface area contributed by atoms with E-state index in [1.807, 2.05) is 30.9 Å². The van der Waals surface area contributed by atoms with Crippen LogP contribution in [0.4, 0.5) is 0 Å². The Morgan fingerprint density at radius 2 is 1.81 bits per heavy atom. The SMILES string of the molecule is COc1cc(-c2cnc(C3CC(=O)N(C(C)C)C3)[nH]2)cc(OC)c1OC. The molecule has 140 valence electrons. The first-order valence-corrected chi connectivity index (χ1v) is 8.63. The van der Waals surface area contributed by atoms with Gasteiger partial charge in [-0.1, -0.05) is 0 Å². The largest absolute Gasteiger partial charge is 0.493 e. The Hall–Kier alpha value is -2.70. The maximum Gasteiger partial charge on any atom is 0.223 e. The van der Waals surface area contributed by atoms with Gasteiger partial charge in [-0.25, -0.2) is 4.98 Å². The van der Waals surface area contributed by atoms with E-state index in [0.29, 0.717) is 30.2 Å². The van der Waals surface area contributed by atoms with Crippen LogP contribution in [0.2, 0.25) is 0 Å². The molecule has 1 aliphatic rings. The summed E-state index contributed by atoms with van der Waals surface area (Å²) in [4.78, 5) is 21.9. The number of carbonyl (C=O) groups excluding carboxylic acids is 1. The smallest absolute Gasteiger partial charge is 0.223 e. The fraction of sp³-hybridized carbons (Fsp3) is 0.474. The molecule has 1 saturated heterocycles. The Bertz CT molecular complexity index is 775. The third-order valence-corrected chi connectivity index (χ3v) is 4.74. The Morgan fingerprint density at radius 3 is 2.31 bits per heavy atom. The van der Waals surface area contributed by atoms with Crippen LogP contribution in [0.1, 0.15) is 32.0 Å². The van der Waals surface area contributed by atoms with E-state index in [1.165, 1.54) is 0 Å². The Labute approximate surface area is 153 Å². The van der Waals surface area contributed by atoms with Gasteiger partial charge in [-0.3, -0.25) is 4.79 Å². The summed E-state index contributed by atoms with van der Waals surface area (Å²) in [6, 6.07) is 3.95. The summed E-state index contributed by atoms with van der Waals surface area (Å²) in [5.41, 5.74) is 1.72. The van der Waals surface area contributed by atoms with Crippen molar-refractivity contribution in [2.24, 2.45) is 0 Å². The van der Waals surface area contributed by atoms with Crippen molar-refractivity contribution in [2.75, 3.05) is 27.9 Å². The third kappa shape index (κ3) is 3.21. The van der Waals surface area contributed by atoms with Crippen molar-refractivity contribution in [2.45, 2.75) is 32.2 Å². The van der Waals surface area contributed by atoms with Crippen LogP contribution in [-0.2, 0) is 4.79 Å². The first kappa shape index (κ1) is 18.1. The summed E-state index contributed by atoms with van der Waals surface area (Å²) in [6.07, 6.45) is 2.26. The summed E-state index contributed by atoms with van der Waals surface area (Å²) in [5, 5.41) is 0. The number of H-pyrrole nitrogens is 1. The predicted octanol–water partition coefficient (Wildman–Crippen LogP) is 2.83.